The summed E-state index contributed by atoms with van der Waals surface area (Å²) in [5.74, 6) is 0. The number of sulfonamides is 1. The maximum atomic E-state index is 11.1. The van der Waals surface area contributed by atoms with Crippen molar-refractivity contribution in [2.75, 3.05) is 11.9 Å². The predicted molar refractivity (Wildman–Crippen MR) is 48.6 cm³/mol. The number of anilines is 1. The van der Waals surface area contributed by atoms with Gasteiger partial charge in [-0.05, 0) is 11.6 Å². The quantitative estimate of drug-likeness (QED) is 0.658. The van der Waals surface area contributed by atoms with E-state index in [9.17, 15) is 8.42 Å². The number of nitrogens with one attached hydrogen (secondary N) is 1. The molecule has 3 N–H and O–H groups in total. The van der Waals surface area contributed by atoms with Crippen molar-refractivity contribution in [3.63, 3.8) is 0 Å². The van der Waals surface area contributed by atoms with Gasteiger partial charge in [-0.1, -0.05) is 0 Å². The van der Waals surface area contributed by atoms with Gasteiger partial charge in [0.2, 0.25) is 10.0 Å². The fourth-order valence-corrected chi connectivity index (χ4v) is 2.31. The van der Waals surface area contributed by atoms with Gasteiger partial charge in [0.05, 0.1) is 11.9 Å². The van der Waals surface area contributed by atoms with E-state index >= 15 is 0 Å². The second kappa shape index (κ2) is 2.68. The van der Waals surface area contributed by atoms with Crippen LogP contribution in [-0.2, 0) is 10.0 Å². The van der Waals surface area contributed by atoms with Crippen LogP contribution in [0.15, 0.2) is 18.5 Å². The molecule has 0 saturated heterocycles. The maximum absolute atomic E-state index is 11.1. The van der Waals surface area contributed by atoms with Gasteiger partial charge in [0.25, 0.3) is 0 Å². The zero-order chi connectivity index (χ0) is 9.47. The summed E-state index contributed by atoms with van der Waals surface area (Å²) in [6, 6.07) is 1.67. The molecule has 0 radical (unpaired) electrons. The van der Waals surface area contributed by atoms with Gasteiger partial charge in [0.1, 0.15) is 5.25 Å². The first-order chi connectivity index (χ1) is 6.09. The molecule has 70 valence electrons. The Hall–Kier alpha value is -1.14. The number of rotatable bonds is 1. The largest absolute Gasteiger partial charge is 0.382 e. The smallest absolute Gasteiger partial charge is 0.217 e. The van der Waals surface area contributed by atoms with Crippen LogP contribution in [0.3, 0.4) is 0 Å². The summed E-state index contributed by atoms with van der Waals surface area (Å²) in [6.45, 7) is 0.333. The average molecular weight is 199 g/mol. The monoisotopic (exact) mass is 199 g/mol. The number of hydrogen-bond donors (Lipinski definition) is 2. The van der Waals surface area contributed by atoms with Crippen molar-refractivity contribution in [2.45, 2.75) is 5.25 Å². The fraction of sp³-hybridized carbons (Fsp3) is 0.286. The molecule has 0 aliphatic carbocycles. The van der Waals surface area contributed by atoms with E-state index < -0.39 is 15.3 Å². The lowest BCUT2D eigenvalue weighted by atomic mass is 10.2. The number of pyridine rings is 1. The highest BCUT2D eigenvalue weighted by atomic mass is 32.2. The third-order valence-corrected chi connectivity index (χ3v) is 3.29. The molecule has 1 unspecified atom stereocenters. The normalized spacial score (nSPS) is 20.8. The van der Waals surface area contributed by atoms with Gasteiger partial charge in [-0.25, -0.2) is 13.6 Å². The highest BCUT2D eigenvalue weighted by Gasteiger charge is 2.30. The van der Waals surface area contributed by atoms with Gasteiger partial charge >= 0.3 is 0 Å². The molecule has 1 aliphatic rings. The molecule has 0 spiro atoms. The van der Waals surface area contributed by atoms with Crippen LogP contribution >= 0.6 is 0 Å². The van der Waals surface area contributed by atoms with Gasteiger partial charge in [-0.2, -0.15) is 0 Å². The minimum Gasteiger partial charge on any atom is -0.382 e. The Labute approximate surface area is 76.0 Å². The molecule has 0 amide bonds. The van der Waals surface area contributed by atoms with Crippen LogP contribution < -0.4 is 10.5 Å². The Morgan fingerprint density at radius 3 is 3.08 bits per heavy atom. The molecule has 1 aromatic rings. The first-order valence-corrected chi connectivity index (χ1v) is 5.39. The molecule has 0 saturated carbocycles. The molecule has 0 bridgehead atoms. The summed E-state index contributed by atoms with van der Waals surface area (Å²) < 4.78 is 22.2. The van der Waals surface area contributed by atoms with Crippen LogP contribution in [-0.4, -0.2) is 19.9 Å². The average Bonchev–Trinajstić information content (AvgIpc) is 2.45. The summed E-state index contributed by atoms with van der Waals surface area (Å²) in [4.78, 5) is 3.87. The maximum Gasteiger partial charge on any atom is 0.217 e. The molecular formula is C7H9N3O2S. The van der Waals surface area contributed by atoms with E-state index in [0.29, 0.717) is 12.1 Å². The van der Waals surface area contributed by atoms with Gasteiger partial charge in [-0.3, -0.25) is 4.98 Å². The van der Waals surface area contributed by atoms with Crippen molar-refractivity contribution >= 4 is 15.7 Å². The highest BCUT2D eigenvalue weighted by Crippen LogP contribution is 2.32. The van der Waals surface area contributed by atoms with Crippen LogP contribution in [0.5, 0.6) is 0 Å². The zero-order valence-electron chi connectivity index (χ0n) is 6.77. The summed E-state index contributed by atoms with van der Waals surface area (Å²) in [6.07, 6.45) is 3.16. The first kappa shape index (κ1) is 8.46. The highest BCUT2D eigenvalue weighted by molar-refractivity contribution is 7.89. The van der Waals surface area contributed by atoms with E-state index in [-0.39, 0.29) is 0 Å². The molecule has 13 heavy (non-hydrogen) atoms. The van der Waals surface area contributed by atoms with Crippen LogP contribution in [0.1, 0.15) is 10.8 Å². The number of nitrogens with zero attached hydrogens (tertiary/aromatic N) is 1. The van der Waals surface area contributed by atoms with Crippen molar-refractivity contribution in [1.29, 1.82) is 0 Å². The minimum atomic E-state index is -3.51. The predicted octanol–water partition coefficient (Wildman–Crippen LogP) is -0.163. The van der Waals surface area contributed by atoms with Crippen molar-refractivity contribution in [2.24, 2.45) is 5.14 Å². The second-order valence-corrected chi connectivity index (χ2v) is 4.67. The lowest BCUT2D eigenvalue weighted by Gasteiger charge is -2.05. The molecule has 0 fully saturated rings. The van der Waals surface area contributed by atoms with Crippen molar-refractivity contribution < 1.29 is 8.42 Å². The summed E-state index contributed by atoms with van der Waals surface area (Å²) in [5, 5.41) is 7.37. The van der Waals surface area contributed by atoms with E-state index in [2.05, 4.69) is 10.3 Å². The van der Waals surface area contributed by atoms with Crippen LogP contribution in [0.25, 0.3) is 0 Å². The third-order valence-electron chi connectivity index (χ3n) is 2.08. The van der Waals surface area contributed by atoms with Crippen molar-refractivity contribution in [1.82, 2.24) is 4.98 Å². The molecule has 1 aliphatic heterocycles. The molecule has 1 aromatic heterocycles. The molecule has 2 rings (SSSR count). The van der Waals surface area contributed by atoms with E-state index in [0.717, 1.165) is 5.69 Å². The van der Waals surface area contributed by atoms with E-state index in [1.807, 2.05) is 0 Å². The van der Waals surface area contributed by atoms with Gasteiger partial charge in [0, 0.05) is 12.7 Å². The molecule has 0 aromatic carbocycles. The second-order valence-electron chi connectivity index (χ2n) is 2.92. The van der Waals surface area contributed by atoms with Gasteiger partial charge < -0.3 is 5.32 Å². The number of nitrogens with two attached hydrogens (primary N) is 1. The van der Waals surface area contributed by atoms with Crippen LogP contribution in [0, 0.1) is 0 Å². The molecular weight excluding hydrogens is 190 g/mol. The topological polar surface area (TPSA) is 85.1 Å². The first-order valence-electron chi connectivity index (χ1n) is 3.78. The molecule has 2 heterocycles. The summed E-state index contributed by atoms with van der Waals surface area (Å²) in [7, 11) is -3.51. The van der Waals surface area contributed by atoms with Gasteiger partial charge in [0.15, 0.2) is 0 Å². The van der Waals surface area contributed by atoms with E-state index in [1.54, 1.807) is 18.5 Å². The Balaban J connectivity index is 2.51. The Kier molecular flexibility index (Phi) is 1.74. The Morgan fingerprint density at radius 2 is 2.38 bits per heavy atom. The van der Waals surface area contributed by atoms with Crippen LogP contribution in [0.4, 0.5) is 5.69 Å². The van der Waals surface area contributed by atoms with Crippen LogP contribution in [0.2, 0.25) is 0 Å². The van der Waals surface area contributed by atoms with Crippen molar-refractivity contribution in [3.8, 4) is 0 Å². The summed E-state index contributed by atoms with van der Waals surface area (Å²) >= 11 is 0. The van der Waals surface area contributed by atoms with Gasteiger partial charge in [-0.15, -0.1) is 0 Å². The number of fused-ring (bicyclic) bond motifs is 1. The molecule has 1 atom stereocenters. The summed E-state index contributed by atoms with van der Waals surface area (Å²) in [5.41, 5.74) is 1.46. The Morgan fingerprint density at radius 1 is 1.62 bits per heavy atom. The molecule has 6 heteroatoms. The zero-order valence-corrected chi connectivity index (χ0v) is 7.58. The third kappa shape index (κ3) is 1.38. The lowest BCUT2D eigenvalue weighted by Crippen LogP contribution is -2.22. The van der Waals surface area contributed by atoms with Crippen molar-refractivity contribution in [3.05, 3.63) is 24.0 Å². The lowest BCUT2D eigenvalue weighted by molar-refractivity contribution is 0.588. The van der Waals surface area contributed by atoms with E-state index in [1.165, 1.54) is 0 Å². The van der Waals surface area contributed by atoms with E-state index in [4.69, 9.17) is 5.14 Å². The fourth-order valence-electron chi connectivity index (χ4n) is 1.44. The standard InChI is InChI=1S/C7H9N3O2S/c8-13(11,12)7-4-10-6-3-9-2-1-5(6)7/h1-3,7,10H,4H2,(H2,8,11,12). The molecule has 5 nitrogen and oxygen atoms in total. The number of hydrogen-bond acceptors (Lipinski definition) is 4. The Bertz CT molecular complexity index is 429. The number of aromatic nitrogens is 1. The SMILES string of the molecule is NS(=O)(=O)C1CNc2cnccc21. The minimum absolute atomic E-state index is 0.333. The number of primary sulfonamides is 1.